The summed E-state index contributed by atoms with van der Waals surface area (Å²) < 4.78 is 30.9. The van der Waals surface area contributed by atoms with E-state index < -0.39 is 6.61 Å². The van der Waals surface area contributed by atoms with Crippen molar-refractivity contribution in [1.29, 1.82) is 0 Å². The highest BCUT2D eigenvalue weighted by atomic mass is 32.2. The number of rotatable bonds is 9. The molecule has 0 radical (unpaired) electrons. The molecule has 0 unspecified atom stereocenters. The van der Waals surface area contributed by atoms with E-state index in [1.54, 1.807) is 12.1 Å². The summed E-state index contributed by atoms with van der Waals surface area (Å²) in [5.74, 6) is 1.17. The molecule has 1 N–H and O–H groups in total. The highest BCUT2D eigenvalue weighted by Crippen LogP contribution is 2.41. The number of nitrogens with one attached hydrogen (secondary N) is 1. The molecular formula is C20H25F2N5O2S. The number of piperidine rings is 1. The Labute approximate surface area is 178 Å². The summed E-state index contributed by atoms with van der Waals surface area (Å²) in [5, 5.41) is 12.4. The number of carbonyl (C=O) groups is 1. The second kappa shape index (κ2) is 9.63. The van der Waals surface area contributed by atoms with Crippen LogP contribution in [0.25, 0.3) is 0 Å². The first-order valence-electron chi connectivity index (χ1n) is 10.2. The molecule has 2 heterocycles. The number of alkyl halides is 2. The van der Waals surface area contributed by atoms with Gasteiger partial charge < -0.3 is 15.0 Å². The Balaban J connectivity index is 1.29. The molecule has 0 atom stereocenters. The Morgan fingerprint density at radius 3 is 2.57 bits per heavy atom. The van der Waals surface area contributed by atoms with Crippen molar-refractivity contribution in [2.24, 2.45) is 0 Å². The number of amides is 1. The van der Waals surface area contributed by atoms with Gasteiger partial charge in [-0.3, -0.25) is 9.36 Å². The number of halogens is 2. The number of carbonyl (C=O) groups excluding carboxylic acids is 1. The first-order chi connectivity index (χ1) is 14.6. The third-order valence-electron chi connectivity index (χ3n) is 5.17. The van der Waals surface area contributed by atoms with Gasteiger partial charge >= 0.3 is 6.61 Å². The second-order valence-corrected chi connectivity index (χ2v) is 8.46. The molecule has 0 spiro atoms. The van der Waals surface area contributed by atoms with Crippen molar-refractivity contribution in [2.45, 2.75) is 56.5 Å². The first kappa shape index (κ1) is 20.9. The van der Waals surface area contributed by atoms with E-state index in [1.165, 1.54) is 43.2 Å². The molecule has 2 aliphatic rings. The van der Waals surface area contributed by atoms with Crippen LogP contribution in [0.2, 0.25) is 0 Å². The maximum atomic E-state index is 12.3. The van der Waals surface area contributed by atoms with Gasteiger partial charge in [-0.15, -0.1) is 10.2 Å². The predicted molar refractivity (Wildman–Crippen MR) is 110 cm³/mol. The second-order valence-electron chi connectivity index (χ2n) is 7.52. The van der Waals surface area contributed by atoms with Gasteiger partial charge in [0.2, 0.25) is 11.9 Å². The van der Waals surface area contributed by atoms with E-state index in [-0.39, 0.29) is 17.4 Å². The van der Waals surface area contributed by atoms with Gasteiger partial charge in [0, 0.05) is 25.7 Å². The fraction of sp³-hybridized carbons (Fsp3) is 0.550. The van der Waals surface area contributed by atoms with Crippen LogP contribution in [0, 0.1) is 0 Å². The summed E-state index contributed by atoms with van der Waals surface area (Å²) in [4.78, 5) is 14.6. The summed E-state index contributed by atoms with van der Waals surface area (Å²) in [7, 11) is 0. The van der Waals surface area contributed by atoms with Crippen LogP contribution in [0.5, 0.6) is 5.75 Å². The van der Waals surface area contributed by atoms with Crippen LogP contribution >= 0.6 is 11.8 Å². The highest BCUT2D eigenvalue weighted by molar-refractivity contribution is 7.99. The van der Waals surface area contributed by atoms with Crippen LogP contribution in [-0.4, -0.2) is 46.1 Å². The van der Waals surface area contributed by atoms with Gasteiger partial charge in [0.1, 0.15) is 5.75 Å². The molecular weight excluding hydrogens is 412 g/mol. The number of anilines is 1. The predicted octanol–water partition coefficient (Wildman–Crippen LogP) is 3.61. The molecule has 10 heteroatoms. The molecule has 30 heavy (non-hydrogen) atoms. The van der Waals surface area contributed by atoms with Gasteiger partial charge in [0.05, 0.1) is 5.75 Å². The highest BCUT2D eigenvalue weighted by Gasteiger charge is 2.32. The topological polar surface area (TPSA) is 72.3 Å². The first-order valence-corrected chi connectivity index (χ1v) is 11.2. The molecule has 1 amide bonds. The Bertz CT molecular complexity index is 851. The summed E-state index contributed by atoms with van der Waals surface area (Å²) in [6.07, 6.45) is 5.88. The third kappa shape index (κ3) is 5.41. The minimum absolute atomic E-state index is 0.0968. The largest absolute Gasteiger partial charge is 0.435 e. The van der Waals surface area contributed by atoms with Gasteiger partial charge in [0.25, 0.3) is 0 Å². The monoisotopic (exact) mass is 437 g/mol. The fourth-order valence-corrected chi connectivity index (χ4v) is 4.33. The zero-order valence-corrected chi connectivity index (χ0v) is 17.4. The standard InChI is InChI=1S/C20H25F2N5O2S/c21-18(22)29-16-8-4-14(5-9-16)12-23-17(28)13-30-20-25-24-19(27(20)15-6-7-15)26-10-2-1-3-11-26/h4-5,8-9,15,18H,1-3,6-7,10-13H2,(H,23,28). The average molecular weight is 438 g/mol. The van der Waals surface area contributed by atoms with E-state index in [2.05, 4.69) is 29.7 Å². The van der Waals surface area contributed by atoms with Crippen molar-refractivity contribution < 1.29 is 18.3 Å². The Morgan fingerprint density at radius 1 is 1.17 bits per heavy atom. The van der Waals surface area contributed by atoms with Crippen LogP contribution in [0.1, 0.15) is 43.7 Å². The van der Waals surface area contributed by atoms with Gasteiger partial charge in [-0.2, -0.15) is 8.78 Å². The summed E-state index contributed by atoms with van der Waals surface area (Å²) in [6, 6.07) is 6.67. The zero-order chi connectivity index (χ0) is 20.9. The lowest BCUT2D eigenvalue weighted by Crippen LogP contribution is -2.32. The van der Waals surface area contributed by atoms with Gasteiger partial charge in [-0.05, 0) is 49.8 Å². The third-order valence-corrected chi connectivity index (χ3v) is 6.11. The molecule has 1 saturated carbocycles. The van der Waals surface area contributed by atoms with E-state index in [1.807, 2.05) is 0 Å². The van der Waals surface area contributed by atoms with E-state index >= 15 is 0 Å². The van der Waals surface area contributed by atoms with Gasteiger partial charge in [0.15, 0.2) is 5.16 Å². The Hall–Kier alpha value is -2.36. The van der Waals surface area contributed by atoms with Gasteiger partial charge in [-0.25, -0.2) is 0 Å². The quantitative estimate of drug-likeness (QED) is 0.605. The molecule has 7 nitrogen and oxygen atoms in total. The average Bonchev–Trinajstić information content (AvgIpc) is 3.50. The summed E-state index contributed by atoms with van der Waals surface area (Å²) >= 11 is 1.40. The van der Waals surface area contributed by atoms with E-state index in [4.69, 9.17) is 0 Å². The number of hydrogen-bond acceptors (Lipinski definition) is 6. The number of ether oxygens (including phenoxy) is 1. The van der Waals surface area contributed by atoms with Crippen molar-refractivity contribution >= 4 is 23.6 Å². The van der Waals surface area contributed by atoms with Crippen molar-refractivity contribution in [1.82, 2.24) is 20.1 Å². The SMILES string of the molecule is O=C(CSc1nnc(N2CCCCC2)n1C1CC1)NCc1ccc(OC(F)F)cc1. The lowest BCUT2D eigenvalue weighted by Gasteiger charge is -2.27. The molecule has 1 aromatic heterocycles. The molecule has 1 aliphatic heterocycles. The number of aromatic nitrogens is 3. The summed E-state index contributed by atoms with van der Waals surface area (Å²) in [6.45, 7) is -0.502. The molecule has 2 fully saturated rings. The summed E-state index contributed by atoms with van der Waals surface area (Å²) in [5.41, 5.74) is 0.809. The number of thioether (sulfide) groups is 1. The molecule has 1 aliphatic carbocycles. The lowest BCUT2D eigenvalue weighted by atomic mass is 10.1. The van der Waals surface area contributed by atoms with Crippen molar-refractivity contribution in [3.05, 3.63) is 29.8 Å². The molecule has 162 valence electrons. The van der Waals surface area contributed by atoms with Crippen LogP contribution in [0.15, 0.2) is 29.4 Å². The van der Waals surface area contributed by atoms with Crippen LogP contribution < -0.4 is 15.0 Å². The van der Waals surface area contributed by atoms with Crippen molar-refractivity contribution in [3.8, 4) is 5.75 Å². The van der Waals surface area contributed by atoms with E-state index in [9.17, 15) is 13.6 Å². The lowest BCUT2D eigenvalue weighted by molar-refractivity contribution is -0.118. The molecule has 2 aromatic rings. The smallest absolute Gasteiger partial charge is 0.387 e. The molecule has 4 rings (SSSR count). The van der Waals surface area contributed by atoms with Crippen LogP contribution in [-0.2, 0) is 11.3 Å². The normalized spacial score (nSPS) is 16.7. The Kier molecular flexibility index (Phi) is 6.71. The number of nitrogens with zero attached hydrogens (tertiary/aromatic N) is 4. The van der Waals surface area contributed by atoms with Crippen molar-refractivity contribution in [3.63, 3.8) is 0 Å². The van der Waals surface area contributed by atoms with Crippen LogP contribution in [0.3, 0.4) is 0 Å². The van der Waals surface area contributed by atoms with Crippen molar-refractivity contribution in [2.75, 3.05) is 23.7 Å². The molecule has 1 aromatic carbocycles. The fourth-order valence-electron chi connectivity index (χ4n) is 3.50. The number of benzene rings is 1. The maximum Gasteiger partial charge on any atom is 0.387 e. The molecule has 0 bridgehead atoms. The van der Waals surface area contributed by atoms with E-state index in [0.29, 0.717) is 12.6 Å². The van der Waals surface area contributed by atoms with E-state index in [0.717, 1.165) is 42.6 Å². The minimum Gasteiger partial charge on any atom is -0.435 e. The molecule has 1 saturated heterocycles. The van der Waals surface area contributed by atoms with Crippen LogP contribution in [0.4, 0.5) is 14.7 Å². The van der Waals surface area contributed by atoms with Gasteiger partial charge in [-0.1, -0.05) is 23.9 Å². The number of hydrogen-bond donors (Lipinski definition) is 1. The minimum atomic E-state index is -2.85. The Morgan fingerprint density at radius 2 is 1.90 bits per heavy atom. The maximum absolute atomic E-state index is 12.3. The zero-order valence-electron chi connectivity index (χ0n) is 16.6.